The van der Waals surface area contributed by atoms with Crippen LogP contribution in [0.15, 0.2) is 59.0 Å². The Hall–Kier alpha value is -3.77. The highest BCUT2D eigenvalue weighted by Gasteiger charge is 2.33. The van der Waals surface area contributed by atoms with Crippen molar-refractivity contribution in [1.82, 2.24) is 20.3 Å². The highest BCUT2D eigenvalue weighted by molar-refractivity contribution is 7.89. The summed E-state index contributed by atoms with van der Waals surface area (Å²) in [5.74, 6) is -2.27. The maximum absolute atomic E-state index is 13.4. The van der Waals surface area contributed by atoms with E-state index in [9.17, 15) is 22.8 Å². The number of hydrogen-bond acceptors (Lipinski definition) is 8. The molecule has 0 spiro atoms. The van der Waals surface area contributed by atoms with Crippen LogP contribution < -0.4 is 15.4 Å². The summed E-state index contributed by atoms with van der Waals surface area (Å²) in [6.45, 7) is 1.77. The van der Waals surface area contributed by atoms with Crippen molar-refractivity contribution in [1.29, 1.82) is 0 Å². The van der Waals surface area contributed by atoms with Gasteiger partial charge in [-0.15, -0.1) is 0 Å². The first kappa shape index (κ1) is 30.2. The maximum atomic E-state index is 13.4. The molecule has 1 aromatic heterocycles. The number of benzene rings is 2. The molecule has 1 saturated carbocycles. The van der Waals surface area contributed by atoms with Gasteiger partial charge in [0.2, 0.25) is 21.7 Å². The lowest BCUT2D eigenvalue weighted by Crippen LogP contribution is -2.55. The summed E-state index contributed by atoms with van der Waals surface area (Å²) in [5, 5.41) is 5.00. The highest BCUT2D eigenvalue weighted by Crippen LogP contribution is 2.19. The third-order valence-electron chi connectivity index (χ3n) is 6.87. The van der Waals surface area contributed by atoms with E-state index in [1.165, 1.54) is 0 Å². The van der Waals surface area contributed by atoms with Gasteiger partial charge in [-0.05, 0) is 37.0 Å². The Bertz CT molecular complexity index is 1400. The molecular weight excluding hydrogens is 548 g/mol. The van der Waals surface area contributed by atoms with Gasteiger partial charge >= 0.3 is 6.09 Å². The van der Waals surface area contributed by atoms with Crippen molar-refractivity contribution in [2.24, 2.45) is 0 Å². The number of carbonyl (C=O) groups is 3. The zero-order chi connectivity index (χ0) is 29.2. The Kier molecular flexibility index (Phi) is 10.5. The molecule has 2 atom stereocenters. The molecule has 0 bridgehead atoms. The van der Waals surface area contributed by atoms with E-state index in [1.54, 1.807) is 48.5 Å². The van der Waals surface area contributed by atoms with E-state index < -0.39 is 45.6 Å². The molecular formula is C29H36N4O7S. The van der Waals surface area contributed by atoms with Crippen molar-refractivity contribution in [2.45, 2.75) is 76.6 Å². The molecule has 41 heavy (non-hydrogen) atoms. The van der Waals surface area contributed by atoms with Crippen LogP contribution in [0.2, 0.25) is 0 Å². The van der Waals surface area contributed by atoms with Crippen LogP contribution in [0, 0.1) is 0 Å². The van der Waals surface area contributed by atoms with Crippen LogP contribution in [0.1, 0.15) is 68.1 Å². The number of hydrogen-bond donors (Lipinski definition) is 3. The van der Waals surface area contributed by atoms with Crippen LogP contribution in [0.4, 0.5) is 4.79 Å². The molecule has 11 nitrogen and oxygen atoms in total. The summed E-state index contributed by atoms with van der Waals surface area (Å²) in [6, 6.07) is 13.0. The Balaban J connectivity index is 1.48. The van der Waals surface area contributed by atoms with Gasteiger partial charge in [0.05, 0.1) is 11.8 Å². The van der Waals surface area contributed by atoms with Crippen LogP contribution in [0.5, 0.6) is 0 Å². The number of fused-ring (bicyclic) bond motifs is 1. The molecule has 1 fully saturated rings. The maximum Gasteiger partial charge on any atom is 0.408 e. The summed E-state index contributed by atoms with van der Waals surface area (Å²) in [7, 11) is -3.97. The van der Waals surface area contributed by atoms with Crippen molar-refractivity contribution in [3.8, 4) is 0 Å². The second-order valence-electron chi connectivity index (χ2n) is 10.2. The first-order valence-corrected chi connectivity index (χ1v) is 15.6. The van der Waals surface area contributed by atoms with Crippen LogP contribution in [0.3, 0.4) is 0 Å². The number of ketones is 1. The first-order valence-electron chi connectivity index (χ1n) is 13.9. The lowest BCUT2D eigenvalue weighted by molar-refractivity contribution is -0.123. The Morgan fingerprint density at radius 1 is 0.976 bits per heavy atom. The third-order valence-corrected chi connectivity index (χ3v) is 8.34. The van der Waals surface area contributed by atoms with Gasteiger partial charge in [-0.3, -0.25) is 9.59 Å². The minimum absolute atomic E-state index is 0.0667. The quantitative estimate of drug-likeness (QED) is 0.256. The van der Waals surface area contributed by atoms with Crippen LogP contribution in [0.25, 0.3) is 11.1 Å². The van der Waals surface area contributed by atoms with E-state index >= 15 is 0 Å². The van der Waals surface area contributed by atoms with Gasteiger partial charge in [-0.1, -0.05) is 75.1 Å². The molecule has 0 aliphatic heterocycles. The van der Waals surface area contributed by atoms with Gasteiger partial charge in [0.1, 0.15) is 18.2 Å². The van der Waals surface area contributed by atoms with Crippen LogP contribution >= 0.6 is 0 Å². The number of nitrogens with zero attached hydrogens (tertiary/aromatic N) is 1. The predicted octanol–water partition coefficient (Wildman–Crippen LogP) is 3.84. The zero-order valence-corrected chi connectivity index (χ0v) is 23.8. The first-order chi connectivity index (χ1) is 19.7. The number of ether oxygens (including phenoxy) is 1. The molecule has 220 valence electrons. The molecule has 4 rings (SSSR count). The molecule has 0 saturated heterocycles. The van der Waals surface area contributed by atoms with Crippen LogP contribution in [-0.2, 0) is 26.2 Å². The van der Waals surface area contributed by atoms with Crippen molar-refractivity contribution >= 4 is 38.9 Å². The Morgan fingerprint density at radius 2 is 1.68 bits per heavy atom. The second-order valence-corrected chi connectivity index (χ2v) is 12.0. The number of Topliss-reactive ketones (excluding diaryl/α,β-unsaturated/α-hetero) is 1. The average Bonchev–Trinajstić information content (AvgIpc) is 3.40. The van der Waals surface area contributed by atoms with E-state index in [0.29, 0.717) is 30.4 Å². The Morgan fingerprint density at radius 3 is 2.39 bits per heavy atom. The second kappa shape index (κ2) is 14.2. The fraction of sp³-hybridized carbons (Fsp3) is 0.448. The topological polar surface area (TPSA) is 157 Å². The number of nitrogens with one attached hydrogen (secondary N) is 3. The fourth-order valence-corrected chi connectivity index (χ4v) is 6.30. The summed E-state index contributed by atoms with van der Waals surface area (Å²) in [5.41, 5.74) is 1.65. The van der Waals surface area contributed by atoms with E-state index in [-0.39, 0.29) is 25.0 Å². The monoisotopic (exact) mass is 584 g/mol. The Labute approximate surface area is 239 Å². The van der Waals surface area contributed by atoms with Gasteiger partial charge in [-0.2, -0.15) is 0 Å². The fourth-order valence-electron chi connectivity index (χ4n) is 4.79. The number of carbonyl (C=O) groups excluding carboxylic acids is 3. The molecule has 2 aromatic carbocycles. The molecule has 3 N–H and O–H groups in total. The smallest absolute Gasteiger partial charge is 0.408 e. The summed E-state index contributed by atoms with van der Waals surface area (Å²) in [6.07, 6.45) is 4.12. The number of alkyl carbamates (subject to hydrolysis) is 1. The summed E-state index contributed by atoms with van der Waals surface area (Å²) >= 11 is 0. The van der Waals surface area contributed by atoms with Crippen LogP contribution in [-0.4, -0.2) is 55.1 Å². The van der Waals surface area contributed by atoms with Gasteiger partial charge < -0.3 is 19.8 Å². The minimum atomic E-state index is -3.97. The van der Waals surface area contributed by atoms with Crippen molar-refractivity contribution in [3.63, 3.8) is 0 Å². The van der Waals surface area contributed by atoms with Crippen molar-refractivity contribution in [2.75, 3.05) is 5.75 Å². The van der Waals surface area contributed by atoms with Gasteiger partial charge in [0, 0.05) is 6.04 Å². The van der Waals surface area contributed by atoms with E-state index in [1.807, 2.05) is 13.0 Å². The number of amides is 2. The van der Waals surface area contributed by atoms with Gasteiger partial charge in [0.25, 0.3) is 5.89 Å². The lowest BCUT2D eigenvalue weighted by Gasteiger charge is -2.25. The number of sulfonamides is 1. The standard InChI is InChI=1S/C29H36N4O7S/c1-2-11-23(26(34)28-31-22-16-9-10-17-25(22)40-28)30-27(35)24(19-41(37,38)33-21-14-7-4-8-15-21)32-29(36)39-18-20-12-5-3-6-13-20/h3,5-6,9-10,12-13,16-17,21,23-24,33H,2,4,7-8,11,14-15,18-19H2,1H3,(H,30,35)(H,32,36)/t23-,24-/m0/s1. The third kappa shape index (κ3) is 8.86. The highest BCUT2D eigenvalue weighted by atomic mass is 32.2. The van der Waals surface area contributed by atoms with Crippen molar-refractivity contribution < 1.29 is 32.0 Å². The van der Waals surface area contributed by atoms with Crippen molar-refractivity contribution in [3.05, 3.63) is 66.1 Å². The summed E-state index contributed by atoms with van der Waals surface area (Å²) < 4.78 is 39.6. The molecule has 0 unspecified atom stereocenters. The minimum Gasteiger partial charge on any atom is -0.445 e. The van der Waals surface area contributed by atoms with Gasteiger partial charge in [0.15, 0.2) is 5.58 Å². The van der Waals surface area contributed by atoms with E-state index in [0.717, 1.165) is 24.8 Å². The van der Waals surface area contributed by atoms with Gasteiger partial charge in [-0.25, -0.2) is 22.9 Å². The van der Waals surface area contributed by atoms with E-state index in [4.69, 9.17) is 9.15 Å². The molecule has 1 aliphatic rings. The number of para-hydroxylation sites is 2. The molecule has 2 amide bonds. The normalized spacial score (nSPS) is 15.6. The molecule has 1 heterocycles. The number of aromatic nitrogens is 1. The molecule has 12 heteroatoms. The number of oxazole rings is 1. The molecule has 3 aromatic rings. The average molecular weight is 585 g/mol. The number of rotatable bonds is 13. The SMILES string of the molecule is CCC[C@H](NC(=O)[C@H](CS(=O)(=O)NC1CCCCC1)NC(=O)OCc1ccccc1)C(=O)c1nc2ccccc2o1. The molecule has 0 radical (unpaired) electrons. The predicted molar refractivity (Wildman–Crippen MR) is 153 cm³/mol. The largest absolute Gasteiger partial charge is 0.445 e. The zero-order valence-electron chi connectivity index (χ0n) is 23.0. The summed E-state index contributed by atoms with van der Waals surface area (Å²) in [4.78, 5) is 43.6. The lowest BCUT2D eigenvalue weighted by atomic mass is 9.96. The molecule has 1 aliphatic carbocycles. The van der Waals surface area contributed by atoms with E-state index in [2.05, 4.69) is 20.3 Å².